The minimum atomic E-state index is -1.97. The van der Waals surface area contributed by atoms with Crippen LogP contribution in [0.1, 0.15) is 34.1 Å². The van der Waals surface area contributed by atoms with E-state index < -0.39 is 20.4 Å². The number of amides is 1. The molecule has 0 fully saturated rings. The molecule has 0 saturated carbocycles. The van der Waals surface area contributed by atoms with Gasteiger partial charge in [-0.15, -0.1) is 0 Å². The van der Waals surface area contributed by atoms with Crippen LogP contribution in [0.3, 0.4) is 0 Å². The Morgan fingerprint density at radius 1 is 1.15 bits per heavy atom. The Bertz CT molecular complexity index is 338. The molecule has 5 nitrogen and oxygen atoms in total. The first-order chi connectivity index (χ1) is 8.94. The van der Waals surface area contributed by atoms with Crippen molar-refractivity contribution in [2.24, 2.45) is 17.6 Å². The fourth-order valence-corrected chi connectivity index (χ4v) is 2.37. The van der Waals surface area contributed by atoms with E-state index in [1.807, 2.05) is 47.3 Å². The van der Waals surface area contributed by atoms with Crippen molar-refractivity contribution in [3.63, 3.8) is 0 Å². The van der Waals surface area contributed by atoms with Crippen molar-refractivity contribution in [3.8, 4) is 0 Å². The van der Waals surface area contributed by atoms with E-state index in [0.717, 1.165) is 0 Å². The Kier molecular flexibility index (Phi) is 7.44. The number of carbonyl (C=O) groups excluding carboxylic acids is 2. The first-order valence-corrected chi connectivity index (χ1v) is 10.6. The molecule has 0 aliphatic carbocycles. The van der Waals surface area contributed by atoms with Gasteiger partial charge in [-0.2, -0.15) is 0 Å². The van der Waals surface area contributed by atoms with Crippen LogP contribution in [0, 0.1) is 11.8 Å². The molecule has 0 aliphatic rings. The second kappa shape index (κ2) is 7.78. The largest absolute Gasteiger partial charge is 0.518 e. The molecule has 6 heteroatoms. The van der Waals surface area contributed by atoms with Gasteiger partial charge in [-0.3, -0.25) is 9.59 Å². The molecule has 0 aromatic heterocycles. The lowest BCUT2D eigenvalue weighted by Crippen LogP contribution is -2.52. The molecule has 0 saturated heterocycles. The van der Waals surface area contributed by atoms with Crippen LogP contribution in [0.5, 0.6) is 0 Å². The van der Waals surface area contributed by atoms with E-state index in [1.54, 1.807) is 0 Å². The Labute approximate surface area is 123 Å². The smallest absolute Gasteiger partial charge is 0.315 e. The second-order valence-electron chi connectivity index (χ2n) is 6.99. The molecular weight excluding hydrogens is 272 g/mol. The molecular formula is C14H30N2O3Si. The van der Waals surface area contributed by atoms with Crippen molar-refractivity contribution < 1.29 is 14.0 Å². The van der Waals surface area contributed by atoms with Gasteiger partial charge in [-0.05, 0) is 37.9 Å². The number of hydrogen-bond acceptors (Lipinski definition) is 4. The topological polar surface area (TPSA) is 81.4 Å². The molecule has 0 rings (SSSR count). The van der Waals surface area contributed by atoms with Gasteiger partial charge in [0.25, 0.3) is 0 Å². The molecule has 118 valence electrons. The third-order valence-electron chi connectivity index (χ3n) is 2.74. The van der Waals surface area contributed by atoms with Gasteiger partial charge in [0.05, 0.1) is 6.04 Å². The molecule has 0 spiro atoms. The number of rotatable bonds is 7. The van der Waals surface area contributed by atoms with Gasteiger partial charge in [0.15, 0.2) is 0 Å². The van der Waals surface area contributed by atoms with E-state index in [-0.39, 0.29) is 23.7 Å². The number of nitrogens with one attached hydrogen (secondary N) is 1. The summed E-state index contributed by atoms with van der Waals surface area (Å²) in [5.41, 5.74) is 5.81. The maximum Gasteiger partial charge on any atom is 0.315 e. The summed E-state index contributed by atoms with van der Waals surface area (Å²) in [7, 11) is -1.97. The van der Waals surface area contributed by atoms with Gasteiger partial charge < -0.3 is 15.5 Å². The third kappa shape index (κ3) is 7.64. The van der Waals surface area contributed by atoms with Crippen molar-refractivity contribution >= 4 is 20.2 Å². The maximum atomic E-state index is 12.2. The molecule has 20 heavy (non-hydrogen) atoms. The Morgan fingerprint density at radius 3 is 2.00 bits per heavy atom. The van der Waals surface area contributed by atoms with E-state index in [2.05, 4.69) is 5.32 Å². The Hall–Kier alpha value is -0.883. The minimum absolute atomic E-state index is 0.0303. The number of hydrogen-bond donors (Lipinski definition) is 2. The highest BCUT2D eigenvalue weighted by molar-refractivity contribution is 6.71. The van der Waals surface area contributed by atoms with Gasteiger partial charge in [0.2, 0.25) is 14.2 Å². The highest BCUT2D eigenvalue weighted by atomic mass is 28.4. The maximum absolute atomic E-state index is 12.2. The predicted molar refractivity (Wildman–Crippen MR) is 83.6 cm³/mol. The lowest BCUT2D eigenvalue weighted by Gasteiger charge is -2.26. The normalized spacial score (nSPS) is 15.1. The number of carbonyl (C=O) groups is 2. The fraction of sp³-hybridized carbons (Fsp3) is 0.857. The summed E-state index contributed by atoms with van der Waals surface area (Å²) in [5.74, 6) is -0.326. The first kappa shape index (κ1) is 19.1. The van der Waals surface area contributed by atoms with E-state index >= 15 is 0 Å². The van der Waals surface area contributed by atoms with Crippen LogP contribution >= 0.6 is 0 Å². The summed E-state index contributed by atoms with van der Waals surface area (Å²) in [6, 6.07) is -1.22. The Balaban J connectivity index is 4.81. The molecule has 2 unspecified atom stereocenters. The lowest BCUT2D eigenvalue weighted by atomic mass is 10.0. The van der Waals surface area contributed by atoms with Crippen LogP contribution in [0.4, 0.5) is 0 Å². The molecule has 0 radical (unpaired) electrons. The van der Waals surface area contributed by atoms with E-state index in [9.17, 15) is 9.59 Å². The fourth-order valence-electron chi connectivity index (χ4n) is 1.63. The standard InChI is InChI=1S/C14H30N2O3Si/c1-9(2)8-11(14(18)19-20(5,6)7)16-13(17)12(15)10(3)4/h9-12H,8,15H2,1-7H3,(H,16,17). The summed E-state index contributed by atoms with van der Waals surface area (Å²) >= 11 is 0. The van der Waals surface area contributed by atoms with Crippen LogP contribution in [0.15, 0.2) is 0 Å². The van der Waals surface area contributed by atoms with E-state index in [0.29, 0.717) is 6.42 Å². The van der Waals surface area contributed by atoms with Gasteiger partial charge in [-0.25, -0.2) is 0 Å². The average Bonchev–Trinajstić information content (AvgIpc) is 2.23. The average molecular weight is 302 g/mol. The van der Waals surface area contributed by atoms with Crippen LogP contribution in [-0.2, 0) is 14.0 Å². The molecule has 0 aliphatic heterocycles. The number of nitrogens with two attached hydrogens (primary N) is 1. The van der Waals surface area contributed by atoms with Gasteiger partial charge in [0.1, 0.15) is 6.04 Å². The SMILES string of the molecule is CC(C)CC(NC(=O)C(N)C(C)C)C(=O)O[Si](C)(C)C. The van der Waals surface area contributed by atoms with Crippen LogP contribution in [0.25, 0.3) is 0 Å². The third-order valence-corrected chi connectivity index (χ3v) is 3.55. The van der Waals surface area contributed by atoms with Crippen molar-refractivity contribution in [1.82, 2.24) is 5.32 Å². The van der Waals surface area contributed by atoms with Crippen LogP contribution in [0.2, 0.25) is 19.6 Å². The Morgan fingerprint density at radius 2 is 1.65 bits per heavy atom. The lowest BCUT2D eigenvalue weighted by molar-refractivity contribution is -0.140. The molecule has 3 N–H and O–H groups in total. The molecule has 0 aromatic rings. The van der Waals surface area contributed by atoms with Crippen molar-refractivity contribution in [2.45, 2.75) is 65.8 Å². The van der Waals surface area contributed by atoms with Gasteiger partial charge in [0, 0.05) is 0 Å². The highest BCUT2D eigenvalue weighted by Crippen LogP contribution is 2.11. The molecule has 2 atom stereocenters. The monoisotopic (exact) mass is 302 g/mol. The van der Waals surface area contributed by atoms with Gasteiger partial charge in [-0.1, -0.05) is 27.7 Å². The summed E-state index contributed by atoms with van der Waals surface area (Å²) in [5, 5.41) is 2.74. The van der Waals surface area contributed by atoms with E-state index in [4.69, 9.17) is 10.2 Å². The molecule has 0 aromatic carbocycles. The quantitative estimate of drug-likeness (QED) is 0.704. The summed E-state index contributed by atoms with van der Waals surface area (Å²) in [4.78, 5) is 24.2. The first-order valence-electron chi connectivity index (χ1n) is 7.23. The zero-order chi connectivity index (χ0) is 16.1. The van der Waals surface area contributed by atoms with Crippen molar-refractivity contribution in [3.05, 3.63) is 0 Å². The molecule has 1 amide bonds. The van der Waals surface area contributed by atoms with Crippen molar-refractivity contribution in [2.75, 3.05) is 0 Å². The highest BCUT2D eigenvalue weighted by Gasteiger charge is 2.30. The van der Waals surface area contributed by atoms with Gasteiger partial charge >= 0.3 is 5.97 Å². The van der Waals surface area contributed by atoms with Crippen molar-refractivity contribution in [1.29, 1.82) is 0 Å². The van der Waals surface area contributed by atoms with Crippen LogP contribution in [-0.4, -0.2) is 32.3 Å². The zero-order valence-electron chi connectivity index (χ0n) is 13.8. The summed E-state index contributed by atoms with van der Waals surface area (Å²) in [6.45, 7) is 13.6. The predicted octanol–water partition coefficient (Wildman–Crippen LogP) is 1.88. The summed E-state index contributed by atoms with van der Waals surface area (Å²) < 4.78 is 5.49. The van der Waals surface area contributed by atoms with E-state index in [1.165, 1.54) is 0 Å². The summed E-state index contributed by atoms with van der Waals surface area (Å²) in [6.07, 6.45) is 0.555. The minimum Gasteiger partial charge on any atom is -0.518 e. The van der Waals surface area contributed by atoms with Crippen LogP contribution < -0.4 is 11.1 Å². The second-order valence-corrected chi connectivity index (χ2v) is 11.4. The molecule has 0 bridgehead atoms. The zero-order valence-corrected chi connectivity index (χ0v) is 14.8. The molecule has 0 heterocycles.